The zero-order valence-corrected chi connectivity index (χ0v) is 14.4. The molecule has 1 aromatic carbocycles. The Morgan fingerprint density at radius 3 is 1.57 bits per heavy atom. The molecule has 0 fully saturated rings. The Morgan fingerprint density at radius 1 is 0.700 bits per heavy atom. The third kappa shape index (κ3) is 2.16. The highest BCUT2D eigenvalue weighted by molar-refractivity contribution is 6.35. The van der Waals surface area contributed by atoms with Crippen molar-refractivity contribution in [1.82, 2.24) is 0 Å². The molecule has 0 aliphatic heterocycles. The van der Waals surface area contributed by atoms with Crippen molar-refractivity contribution in [1.29, 1.82) is 0 Å². The van der Waals surface area contributed by atoms with Crippen LogP contribution in [0.5, 0.6) is 0 Å². The quantitative estimate of drug-likeness (QED) is 0.328. The van der Waals surface area contributed by atoms with Gasteiger partial charge >= 0.3 is 23.9 Å². The maximum absolute atomic E-state index is 13.0. The number of Topliss-reactive ketones (excluding diaryl/α,β-unsaturated/α-hetero) is 2. The number of carbonyl (C=O) groups excluding carboxylic acids is 2. The fourth-order valence-electron chi connectivity index (χ4n) is 3.63. The van der Waals surface area contributed by atoms with Crippen molar-refractivity contribution < 1.29 is 59.4 Å². The van der Waals surface area contributed by atoms with E-state index in [-0.39, 0.29) is 0 Å². The van der Waals surface area contributed by atoms with Crippen molar-refractivity contribution in [3.63, 3.8) is 0 Å². The average molecular weight is 418 g/mol. The summed E-state index contributed by atoms with van der Waals surface area (Å²) in [5, 5.41) is 59.4. The second-order valence-corrected chi connectivity index (χ2v) is 6.35. The van der Waals surface area contributed by atoms with E-state index in [0.29, 0.717) is 0 Å². The molecule has 2 aliphatic carbocycles. The number of benzene rings is 1. The molecule has 0 aromatic heterocycles. The minimum Gasteiger partial charge on any atom is -0.479 e. The van der Waals surface area contributed by atoms with Crippen LogP contribution in [0.1, 0.15) is 20.7 Å². The van der Waals surface area contributed by atoms with Gasteiger partial charge in [0.25, 0.3) is 0 Å². The summed E-state index contributed by atoms with van der Waals surface area (Å²) in [5.41, 5.74) is -16.0. The Kier molecular flexibility index (Phi) is 4.23. The lowest BCUT2D eigenvalue weighted by atomic mass is 9.60. The Hall–Kier alpha value is -4.16. The summed E-state index contributed by atoms with van der Waals surface area (Å²) in [6, 6.07) is 4.62. The van der Waals surface area contributed by atoms with Gasteiger partial charge in [-0.05, 0) is 0 Å². The number of carboxylic acids is 4. The minimum atomic E-state index is -4.33. The van der Waals surface area contributed by atoms with Crippen molar-refractivity contribution in [3.8, 4) is 0 Å². The molecule has 154 valence electrons. The van der Waals surface area contributed by atoms with Gasteiger partial charge in [0.05, 0.1) is 16.7 Å². The molecule has 0 saturated heterocycles. The molecule has 0 bridgehead atoms. The molecule has 0 heterocycles. The Labute approximate surface area is 164 Å². The number of rotatable bonds is 4. The fraction of sp³-hybridized carbons (Fsp3) is 0.111. The van der Waals surface area contributed by atoms with Crippen LogP contribution in [-0.4, -0.2) is 77.3 Å². The van der Waals surface area contributed by atoms with Gasteiger partial charge in [-0.25, -0.2) is 19.2 Å². The highest BCUT2D eigenvalue weighted by atomic mass is 16.5. The Bertz CT molecular complexity index is 1170. The topological polar surface area (TPSA) is 224 Å². The molecule has 6 N–H and O–H groups in total. The number of aliphatic hydroxyl groups is 2. The van der Waals surface area contributed by atoms with Crippen LogP contribution < -0.4 is 0 Å². The van der Waals surface area contributed by atoms with E-state index >= 15 is 0 Å². The van der Waals surface area contributed by atoms with Gasteiger partial charge < -0.3 is 30.6 Å². The van der Waals surface area contributed by atoms with E-state index in [9.17, 15) is 59.4 Å². The number of hydrogen-bond donors (Lipinski definition) is 6. The largest absolute Gasteiger partial charge is 0.479 e. The van der Waals surface area contributed by atoms with Gasteiger partial charge in [-0.1, -0.05) is 24.3 Å². The van der Waals surface area contributed by atoms with E-state index in [0.717, 1.165) is 12.1 Å². The highest BCUT2D eigenvalue weighted by Crippen LogP contribution is 2.49. The Balaban J connectivity index is 2.65. The molecule has 0 radical (unpaired) electrons. The van der Waals surface area contributed by atoms with Gasteiger partial charge in [-0.3, -0.25) is 9.59 Å². The lowest BCUT2D eigenvalue weighted by Crippen LogP contribution is -2.70. The van der Waals surface area contributed by atoms with Crippen LogP contribution in [0.4, 0.5) is 0 Å². The van der Waals surface area contributed by atoms with Crippen LogP contribution in [0.2, 0.25) is 0 Å². The van der Waals surface area contributed by atoms with Gasteiger partial charge in [-0.2, -0.15) is 0 Å². The first-order valence-electron chi connectivity index (χ1n) is 7.89. The summed E-state index contributed by atoms with van der Waals surface area (Å²) in [7, 11) is 0. The number of aliphatic carboxylic acids is 4. The highest BCUT2D eigenvalue weighted by Gasteiger charge is 2.72. The molecule has 2 unspecified atom stereocenters. The second-order valence-electron chi connectivity index (χ2n) is 6.35. The van der Waals surface area contributed by atoms with Crippen molar-refractivity contribution in [2.75, 3.05) is 0 Å². The maximum Gasteiger partial charge on any atom is 0.344 e. The SMILES string of the molecule is O=C(O)C1=C(C(=O)O)C(O)(C(=O)O)C(O)(C(=O)O)C2=C1C(=O)c1ccccc1C2=O. The lowest BCUT2D eigenvalue weighted by molar-refractivity contribution is -0.194. The van der Waals surface area contributed by atoms with E-state index in [1.54, 1.807) is 0 Å². The summed E-state index contributed by atoms with van der Waals surface area (Å²) in [5.74, 6) is -12.8. The summed E-state index contributed by atoms with van der Waals surface area (Å²) in [4.78, 5) is 73.2. The number of ketones is 2. The van der Waals surface area contributed by atoms with Crippen molar-refractivity contribution >= 4 is 35.4 Å². The molecule has 0 amide bonds. The minimum absolute atomic E-state index is 0.432. The summed E-state index contributed by atoms with van der Waals surface area (Å²) in [6.07, 6.45) is 0. The first-order valence-corrected chi connectivity index (χ1v) is 7.89. The van der Waals surface area contributed by atoms with E-state index in [1.807, 2.05) is 0 Å². The smallest absolute Gasteiger partial charge is 0.344 e. The van der Waals surface area contributed by atoms with Crippen LogP contribution in [0.3, 0.4) is 0 Å². The third-order valence-corrected chi connectivity index (χ3v) is 4.91. The number of hydrogen-bond acceptors (Lipinski definition) is 8. The molecule has 1 aromatic rings. The van der Waals surface area contributed by atoms with E-state index in [2.05, 4.69) is 0 Å². The monoisotopic (exact) mass is 418 g/mol. The van der Waals surface area contributed by atoms with Crippen molar-refractivity contribution in [3.05, 3.63) is 57.7 Å². The van der Waals surface area contributed by atoms with Gasteiger partial charge in [0.15, 0.2) is 11.6 Å². The zero-order valence-electron chi connectivity index (χ0n) is 14.4. The van der Waals surface area contributed by atoms with Crippen LogP contribution in [0, 0.1) is 0 Å². The predicted octanol–water partition coefficient (Wildman–Crippen LogP) is -1.53. The molecule has 30 heavy (non-hydrogen) atoms. The maximum atomic E-state index is 13.0. The molecule has 0 spiro atoms. The van der Waals surface area contributed by atoms with E-state index in [1.165, 1.54) is 12.1 Å². The molecule has 12 nitrogen and oxygen atoms in total. The fourth-order valence-corrected chi connectivity index (χ4v) is 3.63. The summed E-state index contributed by atoms with van der Waals surface area (Å²) >= 11 is 0. The average Bonchev–Trinajstić information content (AvgIpc) is 2.66. The number of carboxylic acid groups (broad SMARTS) is 4. The molecular formula is C18H10O12. The third-order valence-electron chi connectivity index (χ3n) is 4.91. The first-order chi connectivity index (χ1) is 13.8. The molecule has 2 aliphatic rings. The van der Waals surface area contributed by atoms with Gasteiger partial charge in [-0.15, -0.1) is 0 Å². The van der Waals surface area contributed by atoms with Gasteiger partial charge in [0.1, 0.15) is 0 Å². The number of fused-ring (bicyclic) bond motifs is 1. The van der Waals surface area contributed by atoms with Crippen molar-refractivity contribution in [2.24, 2.45) is 0 Å². The van der Waals surface area contributed by atoms with Gasteiger partial charge in [0, 0.05) is 16.7 Å². The zero-order chi connectivity index (χ0) is 22.8. The van der Waals surface area contributed by atoms with Crippen molar-refractivity contribution in [2.45, 2.75) is 11.2 Å². The molecule has 3 rings (SSSR count). The van der Waals surface area contributed by atoms with Crippen LogP contribution in [0.25, 0.3) is 0 Å². The van der Waals surface area contributed by atoms with Crippen LogP contribution in [-0.2, 0) is 19.2 Å². The van der Waals surface area contributed by atoms with E-state index in [4.69, 9.17) is 0 Å². The normalized spacial score (nSPS) is 25.5. The predicted molar refractivity (Wildman–Crippen MR) is 89.6 cm³/mol. The molecular weight excluding hydrogens is 408 g/mol. The van der Waals surface area contributed by atoms with Crippen LogP contribution in [0.15, 0.2) is 46.6 Å². The molecule has 0 saturated carbocycles. The van der Waals surface area contributed by atoms with Gasteiger partial charge in [0.2, 0.25) is 11.2 Å². The summed E-state index contributed by atoms with van der Waals surface area (Å²) < 4.78 is 0. The summed E-state index contributed by atoms with van der Waals surface area (Å²) in [6.45, 7) is 0. The standard InChI is InChI=1S/C18H10O12/c19-11-5-3-1-2-4-6(5)12(20)9-7(11)8(13(21)22)10(14(23)24)18(30,16(27)28)17(9,29)15(25)26/h1-4,29-30H,(H,21,22)(H,23,24)(H,25,26)(H,27,28). The molecule has 2 atom stereocenters. The molecule has 12 heteroatoms. The lowest BCUT2D eigenvalue weighted by Gasteiger charge is -2.43. The number of carbonyl (C=O) groups is 6. The van der Waals surface area contributed by atoms with E-state index < -0.39 is 80.1 Å². The Morgan fingerprint density at radius 2 is 1.17 bits per heavy atom. The first kappa shape index (κ1) is 20.6. The second kappa shape index (κ2) is 6.17. The van der Waals surface area contributed by atoms with Crippen LogP contribution >= 0.6 is 0 Å².